The van der Waals surface area contributed by atoms with Crippen molar-refractivity contribution in [2.75, 3.05) is 7.05 Å². The molecule has 2 heterocycles. The van der Waals surface area contributed by atoms with Crippen molar-refractivity contribution in [2.24, 2.45) is 7.05 Å². The zero-order valence-electron chi connectivity index (χ0n) is 10.4. The maximum absolute atomic E-state index is 11.8. The van der Waals surface area contributed by atoms with E-state index in [4.69, 9.17) is 0 Å². The number of hydrogen-bond donors (Lipinski definition) is 1. The van der Waals surface area contributed by atoms with Gasteiger partial charge in [0.2, 0.25) is 5.91 Å². The monoisotopic (exact) mass is 245 g/mol. The van der Waals surface area contributed by atoms with Crippen molar-refractivity contribution in [3.8, 4) is 0 Å². The summed E-state index contributed by atoms with van der Waals surface area (Å²) in [5, 5.41) is 4.03. The summed E-state index contributed by atoms with van der Waals surface area (Å²) in [4.78, 5) is 20.5. The number of carbonyl (C=O) groups is 1. The molecule has 6 heteroatoms. The summed E-state index contributed by atoms with van der Waals surface area (Å²) in [6.07, 6.45) is 8.36. The van der Waals surface area contributed by atoms with E-state index in [1.807, 2.05) is 13.1 Å². The van der Waals surface area contributed by atoms with Gasteiger partial charge in [0.05, 0.1) is 12.2 Å². The fourth-order valence-corrected chi connectivity index (χ4v) is 1.52. The van der Waals surface area contributed by atoms with Crippen LogP contribution in [0.25, 0.3) is 6.08 Å². The van der Waals surface area contributed by atoms with Gasteiger partial charge in [0.1, 0.15) is 5.82 Å². The van der Waals surface area contributed by atoms with Crippen LogP contribution in [-0.2, 0) is 18.4 Å². The molecular formula is C12H15N5O. The Labute approximate surface area is 105 Å². The Morgan fingerprint density at radius 2 is 2.39 bits per heavy atom. The summed E-state index contributed by atoms with van der Waals surface area (Å²) >= 11 is 0. The first-order chi connectivity index (χ1) is 8.66. The number of likely N-dealkylation sites (N-methyl/N-ethyl adjacent to an activating group) is 1. The van der Waals surface area contributed by atoms with Crippen molar-refractivity contribution in [2.45, 2.75) is 6.54 Å². The van der Waals surface area contributed by atoms with Gasteiger partial charge in [-0.15, -0.1) is 0 Å². The molecule has 18 heavy (non-hydrogen) atoms. The van der Waals surface area contributed by atoms with Crippen molar-refractivity contribution < 1.29 is 4.79 Å². The van der Waals surface area contributed by atoms with Gasteiger partial charge in [0.15, 0.2) is 0 Å². The number of nitrogens with zero attached hydrogens (tertiary/aromatic N) is 4. The molecule has 0 saturated heterocycles. The highest BCUT2D eigenvalue weighted by molar-refractivity contribution is 5.91. The van der Waals surface area contributed by atoms with E-state index in [9.17, 15) is 4.79 Å². The molecule has 0 aliphatic heterocycles. The van der Waals surface area contributed by atoms with Crippen LogP contribution in [0.2, 0.25) is 0 Å². The SMILES string of the molecule is CN(Cc1ncc[nH]1)C(=O)C=Cc1ccnn1C. The number of H-pyrrole nitrogens is 1. The number of rotatable bonds is 4. The van der Waals surface area contributed by atoms with Gasteiger partial charge >= 0.3 is 0 Å². The first kappa shape index (κ1) is 12.1. The number of aromatic amines is 1. The van der Waals surface area contributed by atoms with Crippen LogP contribution in [0.15, 0.2) is 30.7 Å². The third-order valence-corrected chi connectivity index (χ3v) is 2.57. The molecule has 0 spiro atoms. The molecule has 0 aliphatic carbocycles. The lowest BCUT2D eigenvalue weighted by molar-refractivity contribution is -0.125. The van der Waals surface area contributed by atoms with Crippen LogP contribution >= 0.6 is 0 Å². The summed E-state index contributed by atoms with van der Waals surface area (Å²) in [6.45, 7) is 0.460. The van der Waals surface area contributed by atoms with Crippen molar-refractivity contribution in [3.63, 3.8) is 0 Å². The molecule has 2 aromatic heterocycles. The highest BCUT2D eigenvalue weighted by Crippen LogP contribution is 2.02. The minimum Gasteiger partial charge on any atom is -0.347 e. The van der Waals surface area contributed by atoms with Gasteiger partial charge in [-0.2, -0.15) is 5.10 Å². The molecule has 2 aromatic rings. The number of imidazole rings is 1. The summed E-state index contributed by atoms with van der Waals surface area (Å²) in [5.74, 6) is 0.687. The van der Waals surface area contributed by atoms with Crippen LogP contribution in [0.4, 0.5) is 0 Å². The van der Waals surface area contributed by atoms with Crippen LogP contribution in [0.3, 0.4) is 0 Å². The van der Waals surface area contributed by atoms with Crippen LogP contribution in [0, 0.1) is 0 Å². The van der Waals surface area contributed by atoms with Crippen LogP contribution in [0.5, 0.6) is 0 Å². The summed E-state index contributed by atoms with van der Waals surface area (Å²) in [6, 6.07) is 1.84. The molecule has 0 aliphatic rings. The predicted octanol–water partition coefficient (Wildman–Crippen LogP) is 0.815. The minimum absolute atomic E-state index is 0.0763. The topological polar surface area (TPSA) is 66.8 Å². The fraction of sp³-hybridized carbons (Fsp3) is 0.250. The second-order valence-electron chi connectivity index (χ2n) is 3.94. The van der Waals surface area contributed by atoms with Crippen molar-refractivity contribution in [1.82, 2.24) is 24.6 Å². The lowest BCUT2D eigenvalue weighted by atomic mass is 10.3. The maximum Gasteiger partial charge on any atom is 0.246 e. The average Bonchev–Trinajstić information content (AvgIpc) is 2.98. The zero-order valence-corrected chi connectivity index (χ0v) is 10.4. The number of hydrogen-bond acceptors (Lipinski definition) is 3. The molecule has 6 nitrogen and oxygen atoms in total. The van der Waals surface area contributed by atoms with E-state index in [1.54, 1.807) is 41.3 Å². The second-order valence-corrected chi connectivity index (χ2v) is 3.94. The Balaban J connectivity index is 1.95. The van der Waals surface area contributed by atoms with Crippen molar-refractivity contribution in [3.05, 3.63) is 42.3 Å². The highest BCUT2D eigenvalue weighted by Gasteiger charge is 2.07. The Morgan fingerprint density at radius 1 is 1.56 bits per heavy atom. The van der Waals surface area contributed by atoms with Crippen LogP contribution in [-0.4, -0.2) is 37.6 Å². The molecule has 1 amide bonds. The first-order valence-electron chi connectivity index (χ1n) is 5.56. The van der Waals surface area contributed by atoms with E-state index in [1.165, 1.54) is 6.08 Å². The standard InChI is InChI=1S/C12H15N5O/c1-16(9-11-13-7-8-14-11)12(18)4-3-10-5-6-15-17(10)2/h3-8H,9H2,1-2H3,(H,13,14). The summed E-state index contributed by atoms with van der Waals surface area (Å²) in [7, 11) is 3.56. The second kappa shape index (κ2) is 5.31. The van der Waals surface area contributed by atoms with E-state index in [0.717, 1.165) is 11.5 Å². The van der Waals surface area contributed by atoms with Gasteiger partial charge in [-0.3, -0.25) is 9.48 Å². The lowest BCUT2D eigenvalue weighted by Gasteiger charge is -2.12. The molecule has 0 radical (unpaired) electrons. The Morgan fingerprint density at radius 3 is 3.00 bits per heavy atom. The normalized spacial score (nSPS) is 11.0. The number of carbonyl (C=O) groups excluding carboxylic acids is 1. The molecule has 0 saturated carbocycles. The Kier molecular flexibility index (Phi) is 3.57. The van der Waals surface area contributed by atoms with Crippen molar-refractivity contribution in [1.29, 1.82) is 0 Å². The van der Waals surface area contributed by atoms with Gasteiger partial charge < -0.3 is 9.88 Å². The maximum atomic E-state index is 11.8. The summed E-state index contributed by atoms with van der Waals surface area (Å²) in [5.41, 5.74) is 0.884. The van der Waals surface area contributed by atoms with Gasteiger partial charge in [0, 0.05) is 38.8 Å². The third kappa shape index (κ3) is 2.85. The zero-order chi connectivity index (χ0) is 13.0. The lowest BCUT2D eigenvalue weighted by Crippen LogP contribution is -2.24. The van der Waals surface area contributed by atoms with E-state index >= 15 is 0 Å². The van der Waals surface area contributed by atoms with E-state index in [-0.39, 0.29) is 5.91 Å². The quantitative estimate of drug-likeness (QED) is 0.811. The van der Waals surface area contributed by atoms with Gasteiger partial charge in [-0.25, -0.2) is 4.98 Å². The molecule has 0 aromatic carbocycles. The fourth-order valence-electron chi connectivity index (χ4n) is 1.52. The highest BCUT2D eigenvalue weighted by atomic mass is 16.2. The number of aryl methyl sites for hydroxylation is 1. The van der Waals surface area contributed by atoms with E-state index < -0.39 is 0 Å². The van der Waals surface area contributed by atoms with E-state index in [0.29, 0.717) is 6.54 Å². The van der Waals surface area contributed by atoms with E-state index in [2.05, 4.69) is 15.1 Å². The largest absolute Gasteiger partial charge is 0.347 e. The molecule has 0 bridgehead atoms. The molecule has 2 rings (SSSR count). The average molecular weight is 245 g/mol. The molecule has 94 valence electrons. The molecule has 1 N–H and O–H groups in total. The van der Waals surface area contributed by atoms with Gasteiger partial charge in [-0.1, -0.05) is 0 Å². The molecular weight excluding hydrogens is 230 g/mol. The predicted molar refractivity (Wildman–Crippen MR) is 67.3 cm³/mol. The van der Waals surface area contributed by atoms with Gasteiger partial charge in [-0.05, 0) is 12.1 Å². The minimum atomic E-state index is -0.0763. The number of amides is 1. The first-order valence-corrected chi connectivity index (χ1v) is 5.56. The number of nitrogens with one attached hydrogen (secondary N) is 1. The molecule has 0 atom stereocenters. The molecule has 0 fully saturated rings. The van der Waals surface area contributed by atoms with Crippen LogP contribution < -0.4 is 0 Å². The third-order valence-electron chi connectivity index (χ3n) is 2.57. The van der Waals surface area contributed by atoms with Gasteiger partial charge in [0.25, 0.3) is 0 Å². The smallest absolute Gasteiger partial charge is 0.246 e. The number of aromatic nitrogens is 4. The Bertz CT molecular complexity index is 541. The van der Waals surface area contributed by atoms with Crippen molar-refractivity contribution >= 4 is 12.0 Å². The molecule has 0 unspecified atom stereocenters. The Hall–Kier alpha value is -2.37. The van der Waals surface area contributed by atoms with Crippen LogP contribution in [0.1, 0.15) is 11.5 Å². The summed E-state index contributed by atoms with van der Waals surface area (Å²) < 4.78 is 1.70.